The molecule has 0 aliphatic rings. The fourth-order valence-corrected chi connectivity index (χ4v) is 2.29. The summed E-state index contributed by atoms with van der Waals surface area (Å²) in [6.45, 7) is 0. The maximum Gasteiger partial charge on any atom is 0.224 e. The summed E-state index contributed by atoms with van der Waals surface area (Å²) < 4.78 is 5.21. The lowest BCUT2D eigenvalue weighted by Crippen LogP contribution is -1.94. The summed E-state index contributed by atoms with van der Waals surface area (Å²) in [4.78, 5) is 12.8. The fourth-order valence-electron chi connectivity index (χ4n) is 1.44. The monoisotopic (exact) mass is 244 g/mol. The number of thioether (sulfide) groups is 1. The van der Waals surface area contributed by atoms with Crippen molar-refractivity contribution >= 4 is 16.9 Å². The van der Waals surface area contributed by atoms with Gasteiger partial charge in [0.25, 0.3) is 0 Å². The second-order valence-corrected chi connectivity index (χ2v) is 4.42. The van der Waals surface area contributed by atoms with Gasteiger partial charge in [-0.15, -0.1) is 0 Å². The summed E-state index contributed by atoms with van der Waals surface area (Å²) in [5, 5.41) is 0.0232. The Morgan fingerprint density at radius 2 is 1.65 bits per heavy atom. The molecule has 0 heterocycles. The summed E-state index contributed by atoms with van der Waals surface area (Å²) in [6.07, 6.45) is 0. The first kappa shape index (κ1) is 11.7. The Morgan fingerprint density at radius 1 is 1.00 bits per heavy atom. The minimum absolute atomic E-state index is 0.0232. The highest BCUT2D eigenvalue weighted by Gasteiger charge is 2.10. The van der Waals surface area contributed by atoms with Crippen LogP contribution in [0.25, 0.3) is 0 Å². The molecule has 0 N–H and O–H groups in total. The molecule has 86 valence electrons. The summed E-state index contributed by atoms with van der Waals surface area (Å²) in [5.74, 6) is 0.724. The highest BCUT2D eigenvalue weighted by molar-refractivity contribution is 8.14. The van der Waals surface area contributed by atoms with E-state index < -0.39 is 0 Å². The molecular formula is C14H12O2S. The van der Waals surface area contributed by atoms with Crippen LogP contribution in [0, 0.1) is 0 Å². The molecule has 0 atom stereocenters. The second-order valence-electron chi connectivity index (χ2n) is 3.41. The van der Waals surface area contributed by atoms with E-state index in [4.69, 9.17) is 4.74 Å². The molecule has 2 aromatic carbocycles. The van der Waals surface area contributed by atoms with E-state index in [0.29, 0.717) is 5.56 Å². The molecule has 0 saturated carbocycles. The number of hydrogen-bond acceptors (Lipinski definition) is 3. The number of hydrogen-bond donors (Lipinski definition) is 0. The van der Waals surface area contributed by atoms with Gasteiger partial charge in [-0.05, 0) is 23.9 Å². The smallest absolute Gasteiger partial charge is 0.224 e. The van der Waals surface area contributed by atoms with Crippen LogP contribution >= 0.6 is 11.8 Å². The Morgan fingerprint density at radius 3 is 2.35 bits per heavy atom. The third-order valence-electron chi connectivity index (χ3n) is 2.28. The van der Waals surface area contributed by atoms with Gasteiger partial charge in [0.05, 0.1) is 12.0 Å². The third kappa shape index (κ3) is 2.88. The van der Waals surface area contributed by atoms with Crippen LogP contribution in [-0.4, -0.2) is 12.2 Å². The number of carbonyl (C=O) groups excluding carboxylic acids is 1. The number of para-hydroxylation sites is 1. The van der Waals surface area contributed by atoms with Crippen LogP contribution < -0.4 is 4.74 Å². The molecule has 0 spiro atoms. The van der Waals surface area contributed by atoms with E-state index in [9.17, 15) is 4.79 Å². The summed E-state index contributed by atoms with van der Waals surface area (Å²) >= 11 is 1.18. The Bertz CT molecular complexity index is 509. The van der Waals surface area contributed by atoms with Crippen LogP contribution in [0.2, 0.25) is 0 Å². The topological polar surface area (TPSA) is 26.3 Å². The zero-order valence-electron chi connectivity index (χ0n) is 9.42. The van der Waals surface area contributed by atoms with Crippen LogP contribution in [-0.2, 0) is 0 Å². The molecule has 0 aromatic heterocycles. The van der Waals surface area contributed by atoms with Crippen molar-refractivity contribution in [3.8, 4) is 5.75 Å². The highest BCUT2D eigenvalue weighted by Crippen LogP contribution is 2.30. The van der Waals surface area contributed by atoms with E-state index in [-0.39, 0.29) is 5.12 Å². The number of methoxy groups -OCH3 is 1. The summed E-state index contributed by atoms with van der Waals surface area (Å²) in [6, 6.07) is 16.7. The third-order valence-corrected chi connectivity index (χ3v) is 3.26. The van der Waals surface area contributed by atoms with E-state index in [0.717, 1.165) is 10.6 Å². The van der Waals surface area contributed by atoms with Crippen molar-refractivity contribution in [1.82, 2.24) is 0 Å². The average Bonchev–Trinajstić information content (AvgIpc) is 2.40. The summed E-state index contributed by atoms with van der Waals surface area (Å²) in [7, 11) is 1.60. The van der Waals surface area contributed by atoms with Crippen molar-refractivity contribution in [2.24, 2.45) is 0 Å². The number of carbonyl (C=O) groups is 1. The van der Waals surface area contributed by atoms with Crippen LogP contribution in [0.15, 0.2) is 59.5 Å². The first-order chi connectivity index (χ1) is 8.31. The average molecular weight is 244 g/mol. The molecule has 3 heteroatoms. The second kappa shape index (κ2) is 5.55. The minimum Gasteiger partial charge on any atom is -0.496 e. The summed E-state index contributed by atoms with van der Waals surface area (Å²) in [5.41, 5.74) is 0.698. The molecule has 2 nitrogen and oxygen atoms in total. The Hall–Kier alpha value is -1.74. The highest BCUT2D eigenvalue weighted by atomic mass is 32.2. The molecule has 0 aliphatic carbocycles. The van der Waals surface area contributed by atoms with Crippen LogP contribution in [0.1, 0.15) is 10.4 Å². The van der Waals surface area contributed by atoms with Crippen molar-refractivity contribution in [3.63, 3.8) is 0 Å². The maximum absolute atomic E-state index is 12.0. The van der Waals surface area contributed by atoms with Crippen LogP contribution in [0.4, 0.5) is 0 Å². The normalized spacial score (nSPS) is 9.94. The van der Waals surface area contributed by atoms with Crippen molar-refractivity contribution in [2.75, 3.05) is 7.11 Å². The van der Waals surface area contributed by atoms with E-state index in [1.807, 2.05) is 54.6 Å². The van der Waals surface area contributed by atoms with Gasteiger partial charge in [0.15, 0.2) is 0 Å². The Labute approximate surface area is 105 Å². The molecule has 0 fully saturated rings. The van der Waals surface area contributed by atoms with Crippen molar-refractivity contribution in [2.45, 2.75) is 4.90 Å². The molecular weight excluding hydrogens is 232 g/mol. The minimum atomic E-state index is 0.0232. The lowest BCUT2D eigenvalue weighted by Gasteiger charge is -2.06. The lowest BCUT2D eigenvalue weighted by atomic mass is 10.2. The van der Waals surface area contributed by atoms with Gasteiger partial charge < -0.3 is 4.74 Å². The zero-order valence-corrected chi connectivity index (χ0v) is 10.2. The predicted molar refractivity (Wildman–Crippen MR) is 69.6 cm³/mol. The molecule has 0 bridgehead atoms. The van der Waals surface area contributed by atoms with Crippen molar-refractivity contribution in [3.05, 3.63) is 60.2 Å². The van der Waals surface area contributed by atoms with E-state index >= 15 is 0 Å². The zero-order chi connectivity index (χ0) is 12.1. The van der Waals surface area contributed by atoms with Gasteiger partial charge in [-0.25, -0.2) is 0 Å². The van der Waals surface area contributed by atoms with Gasteiger partial charge >= 0.3 is 0 Å². The van der Waals surface area contributed by atoms with E-state index in [2.05, 4.69) is 0 Å². The van der Waals surface area contributed by atoms with Gasteiger partial charge in [0.1, 0.15) is 5.75 Å². The molecule has 0 unspecified atom stereocenters. The largest absolute Gasteiger partial charge is 0.496 e. The van der Waals surface area contributed by atoms with Crippen molar-refractivity contribution in [1.29, 1.82) is 0 Å². The fraction of sp³-hybridized carbons (Fsp3) is 0.0714. The van der Waals surface area contributed by atoms with Crippen molar-refractivity contribution < 1.29 is 9.53 Å². The molecule has 0 radical (unpaired) electrons. The molecule has 17 heavy (non-hydrogen) atoms. The van der Waals surface area contributed by atoms with E-state index in [1.54, 1.807) is 7.11 Å². The molecule has 2 rings (SSSR count). The van der Waals surface area contributed by atoms with Gasteiger partial charge in [-0.2, -0.15) is 0 Å². The molecule has 2 aromatic rings. The Balaban J connectivity index is 2.19. The first-order valence-electron chi connectivity index (χ1n) is 5.21. The lowest BCUT2D eigenvalue weighted by molar-refractivity contribution is 0.108. The van der Waals surface area contributed by atoms with E-state index in [1.165, 1.54) is 11.8 Å². The van der Waals surface area contributed by atoms with Gasteiger partial charge in [-0.1, -0.05) is 42.5 Å². The number of rotatable bonds is 3. The van der Waals surface area contributed by atoms with Crippen LogP contribution in [0.3, 0.4) is 0 Å². The SMILES string of the molecule is COc1ccccc1SC(=O)c1ccccc1. The van der Waals surface area contributed by atoms with Gasteiger partial charge in [-0.3, -0.25) is 4.79 Å². The predicted octanol–water partition coefficient (Wildman–Crippen LogP) is 3.63. The Kier molecular flexibility index (Phi) is 3.83. The maximum atomic E-state index is 12.0. The number of benzene rings is 2. The first-order valence-corrected chi connectivity index (χ1v) is 6.03. The van der Waals surface area contributed by atoms with Gasteiger partial charge in [0, 0.05) is 5.56 Å². The van der Waals surface area contributed by atoms with Crippen LogP contribution in [0.5, 0.6) is 5.75 Å². The molecule has 0 saturated heterocycles. The molecule has 0 amide bonds. The molecule has 0 aliphatic heterocycles. The standard InChI is InChI=1S/C14H12O2S/c1-16-12-9-5-6-10-13(12)17-14(15)11-7-3-2-4-8-11/h2-10H,1H3. The van der Waals surface area contributed by atoms with Gasteiger partial charge in [0.2, 0.25) is 5.12 Å². The quantitative estimate of drug-likeness (QED) is 0.771. The number of ether oxygens (including phenoxy) is 1.